The van der Waals surface area contributed by atoms with Gasteiger partial charge in [-0.25, -0.2) is 0 Å². The van der Waals surface area contributed by atoms with E-state index in [9.17, 15) is 21.6 Å². The summed E-state index contributed by atoms with van der Waals surface area (Å²) in [6, 6.07) is 18.9. The predicted octanol–water partition coefficient (Wildman–Crippen LogP) is 4.91. The lowest BCUT2D eigenvalue weighted by Crippen LogP contribution is -2.25. The number of nitrogens with zero attached hydrogens (tertiary/aromatic N) is 3. The summed E-state index contributed by atoms with van der Waals surface area (Å²) in [6.45, 7) is 3.90. The Kier molecular flexibility index (Phi) is 5.33. The van der Waals surface area contributed by atoms with Crippen LogP contribution in [0.15, 0.2) is 77.7 Å². The number of rotatable bonds is 5. The molecule has 4 aromatic rings. The largest absolute Gasteiger partial charge is 0.435 e. The molecule has 6 nitrogen and oxygen atoms in total. The van der Waals surface area contributed by atoms with Gasteiger partial charge in [-0.2, -0.15) is 31.2 Å². The Balaban J connectivity index is 1.76. The quantitative estimate of drug-likeness (QED) is 0.460. The van der Waals surface area contributed by atoms with Crippen molar-refractivity contribution in [1.82, 2.24) is 14.5 Å². The van der Waals surface area contributed by atoms with Gasteiger partial charge in [-0.05, 0) is 56.3 Å². The molecule has 0 amide bonds. The molecular formula is C22H19F3N4O2S. The molecule has 0 aliphatic heterocycles. The third-order valence-electron chi connectivity index (χ3n) is 4.95. The number of alkyl halides is 3. The summed E-state index contributed by atoms with van der Waals surface area (Å²) < 4.78 is 67.3. The number of aromatic nitrogens is 3. The van der Waals surface area contributed by atoms with E-state index in [0.29, 0.717) is 10.4 Å². The van der Waals surface area contributed by atoms with E-state index in [1.807, 2.05) is 30.5 Å². The number of hydrogen-bond donors (Lipinski definition) is 1. The first-order valence-corrected chi connectivity index (χ1v) is 11.1. The Morgan fingerprint density at radius 2 is 1.47 bits per heavy atom. The van der Waals surface area contributed by atoms with Crippen LogP contribution in [0.3, 0.4) is 0 Å². The van der Waals surface area contributed by atoms with E-state index in [1.54, 1.807) is 30.3 Å². The Bertz CT molecular complexity index is 1340. The van der Waals surface area contributed by atoms with E-state index < -0.39 is 21.9 Å². The molecule has 0 saturated carbocycles. The van der Waals surface area contributed by atoms with Crippen molar-refractivity contribution in [3.05, 3.63) is 89.9 Å². The van der Waals surface area contributed by atoms with Crippen LogP contribution in [-0.4, -0.2) is 22.9 Å². The van der Waals surface area contributed by atoms with Crippen molar-refractivity contribution < 1.29 is 21.6 Å². The maximum atomic E-state index is 13.3. The molecule has 0 bridgehead atoms. The van der Waals surface area contributed by atoms with Gasteiger partial charge in [-0.15, -0.1) is 5.10 Å². The van der Waals surface area contributed by atoms with Crippen LogP contribution in [0.5, 0.6) is 0 Å². The molecule has 2 aromatic carbocycles. The minimum absolute atomic E-state index is 0.0377. The summed E-state index contributed by atoms with van der Waals surface area (Å²) >= 11 is 0. The fourth-order valence-electron chi connectivity index (χ4n) is 3.42. The van der Waals surface area contributed by atoms with Crippen molar-refractivity contribution >= 4 is 10.0 Å². The van der Waals surface area contributed by atoms with Gasteiger partial charge in [-0.3, -0.25) is 0 Å². The molecule has 0 aliphatic carbocycles. The summed E-state index contributed by atoms with van der Waals surface area (Å²) in [5, 5.41) is 3.47. The number of hydrogen-bond acceptors (Lipinski definition) is 3. The second kappa shape index (κ2) is 7.86. The maximum Gasteiger partial charge on any atom is 0.435 e. The van der Waals surface area contributed by atoms with Gasteiger partial charge < -0.3 is 4.57 Å². The molecule has 0 unspecified atom stereocenters. The number of halogens is 3. The molecule has 1 N–H and O–H groups in total. The summed E-state index contributed by atoms with van der Waals surface area (Å²) in [6.07, 6.45) is -4.74. The van der Waals surface area contributed by atoms with E-state index in [-0.39, 0.29) is 10.6 Å². The summed E-state index contributed by atoms with van der Waals surface area (Å²) in [5.41, 5.74) is 1.98. The standard InChI is InChI=1S/C22H19F3N4O2S/c1-15-8-9-16(2)28(15)18-12-10-17(11-13-18)20-14-21(22(23,24)25)26-29(20)27-32(30,31)19-6-4-3-5-7-19/h3-14,27H,1-2H3. The zero-order chi connectivity index (χ0) is 23.1. The number of nitrogens with one attached hydrogen (secondary N) is 1. The summed E-state index contributed by atoms with van der Waals surface area (Å²) in [5.74, 6) is 0. The van der Waals surface area contributed by atoms with E-state index >= 15 is 0 Å². The van der Waals surface area contributed by atoms with Crippen LogP contribution in [0.2, 0.25) is 0 Å². The first-order valence-electron chi connectivity index (χ1n) is 9.57. The SMILES string of the molecule is Cc1ccc(C)n1-c1ccc(-c2cc(C(F)(F)F)nn2NS(=O)(=O)c2ccccc2)cc1. The summed E-state index contributed by atoms with van der Waals surface area (Å²) in [4.78, 5) is 2.68. The van der Waals surface area contributed by atoms with Crippen molar-refractivity contribution in [2.45, 2.75) is 24.9 Å². The molecule has 10 heteroatoms. The van der Waals surface area contributed by atoms with Crippen LogP contribution in [-0.2, 0) is 16.2 Å². The second-order valence-electron chi connectivity index (χ2n) is 7.23. The molecular weight excluding hydrogens is 441 g/mol. The molecule has 0 saturated heterocycles. The number of sulfonamides is 1. The fourth-order valence-corrected chi connectivity index (χ4v) is 4.41. The van der Waals surface area contributed by atoms with Gasteiger partial charge in [-0.1, -0.05) is 30.3 Å². The third kappa shape index (κ3) is 4.13. The zero-order valence-electron chi connectivity index (χ0n) is 17.1. The molecule has 166 valence electrons. The van der Waals surface area contributed by atoms with Crippen molar-refractivity contribution in [2.75, 3.05) is 4.83 Å². The highest BCUT2D eigenvalue weighted by Crippen LogP contribution is 2.32. The Morgan fingerprint density at radius 1 is 0.875 bits per heavy atom. The molecule has 0 radical (unpaired) electrons. The highest BCUT2D eigenvalue weighted by Gasteiger charge is 2.35. The van der Waals surface area contributed by atoms with E-state index in [1.165, 1.54) is 24.3 Å². The van der Waals surface area contributed by atoms with E-state index in [4.69, 9.17) is 0 Å². The Morgan fingerprint density at radius 3 is 2.03 bits per heavy atom. The Hall–Kier alpha value is -3.53. The molecule has 0 fully saturated rings. The van der Waals surface area contributed by atoms with Gasteiger partial charge in [0.15, 0.2) is 5.69 Å². The monoisotopic (exact) mass is 460 g/mol. The van der Waals surface area contributed by atoms with Crippen molar-refractivity contribution in [3.63, 3.8) is 0 Å². The minimum atomic E-state index is -4.74. The molecule has 0 atom stereocenters. The van der Waals surface area contributed by atoms with Gasteiger partial charge in [0.2, 0.25) is 0 Å². The van der Waals surface area contributed by atoms with Gasteiger partial charge in [0.1, 0.15) is 0 Å². The van der Waals surface area contributed by atoms with Crippen molar-refractivity contribution in [3.8, 4) is 16.9 Å². The molecule has 2 heterocycles. The first-order chi connectivity index (χ1) is 15.1. The van der Waals surface area contributed by atoms with Crippen molar-refractivity contribution in [1.29, 1.82) is 0 Å². The zero-order valence-corrected chi connectivity index (χ0v) is 17.9. The lowest BCUT2D eigenvalue weighted by molar-refractivity contribution is -0.141. The number of benzene rings is 2. The van der Waals surface area contributed by atoms with Crippen molar-refractivity contribution in [2.24, 2.45) is 0 Å². The molecule has 0 aliphatic rings. The normalized spacial score (nSPS) is 12.2. The first kappa shape index (κ1) is 21.7. The number of aryl methyl sites for hydroxylation is 2. The summed E-state index contributed by atoms with van der Waals surface area (Å²) in [7, 11) is -4.15. The van der Waals surface area contributed by atoms with Gasteiger partial charge in [0.05, 0.1) is 10.6 Å². The molecule has 2 aromatic heterocycles. The predicted molar refractivity (Wildman–Crippen MR) is 114 cm³/mol. The fraction of sp³-hybridized carbons (Fsp3) is 0.136. The van der Waals surface area contributed by atoms with Crippen LogP contribution in [0.4, 0.5) is 13.2 Å². The maximum absolute atomic E-state index is 13.3. The van der Waals surface area contributed by atoms with Crippen LogP contribution >= 0.6 is 0 Å². The van der Waals surface area contributed by atoms with Gasteiger partial charge in [0, 0.05) is 22.6 Å². The highest BCUT2D eigenvalue weighted by atomic mass is 32.2. The van der Waals surface area contributed by atoms with Gasteiger partial charge in [0.25, 0.3) is 10.0 Å². The van der Waals surface area contributed by atoms with Crippen LogP contribution < -0.4 is 4.83 Å². The molecule has 0 spiro atoms. The van der Waals surface area contributed by atoms with Crippen LogP contribution in [0.1, 0.15) is 17.1 Å². The smallest absolute Gasteiger partial charge is 0.319 e. The average molecular weight is 460 g/mol. The topological polar surface area (TPSA) is 68.9 Å². The highest BCUT2D eigenvalue weighted by molar-refractivity contribution is 7.92. The third-order valence-corrected chi connectivity index (χ3v) is 6.26. The van der Waals surface area contributed by atoms with Crippen LogP contribution in [0, 0.1) is 13.8 Å². The Labute approximate surface area is 183 Å². The lowest BCUT2D eigenvalue weighted by Gasteiger charge is -2.13. The second-order valence-corrected chi connectivity index (χ2v) is 8.89. The molecule has 32 heavy (non-hydrogen) atoms. The average Bonchev–Trinajstić information content (AvgIpc) is 3.31. The van der Waals surface area contributed by atoms with E-state index in [0.717, 1.165) is 23.1 Å². The lowest BCUT2D eigenvalue weighted by atomic mass is 10.1. The van der Waals surface area contributed by atoms with Gasteiger partial charge >= 0.3 is 6.18 Å². The molecule has 4 rings (SSSR count). The minimum Gasteiger partial charge on any atom is -0.319 e. The van der Waals surface area contributed by atoms with Crippen LogP contribution in [0.25, 0.3) is 16.9 Å². The van der Waals surface area contributed by atoms with E-state index in [2.05, 4.69) is 9.93 Å².